The predicted octanol–water partition coefficient (Wildman–Crippen LogP) is 8.92. The Morgan fingerprint density at radius 3 is 1.34 bits per heavy atom. The molecule has 29 heavy (non-hydrogen) atoms. The zero-order valence-electron chi connectivity index (χ0n) is 16.5. The van der Waals surface area contributed by atoms with Gasteiger partial charge in [0, 0.05) is 9.75 Å². The topological polar surface area (TPSA) is 0 Å². The molecule has 0 atom stereocenters. The van der Waals surface area contributed by atoms with Crippen molar-refractivity contribution >= 4 is 58.7 Å². The third kappa shape index (κ3) is 5.83. The third-order valence-corrected chi connectivity index (χ3v) is 7.81. The van der Waals surface area contributed by atoms with Gasteiger partial charge >= 0.3 is 0 Å². The summed E-state index contributed by atoms with van der Waals surface area (Å²) in [5.74, 6) is 0. The van der Waals surface area contributed by atoms with Gasteiger partial charge in [-0.1, -0.05) is 83.6 Å². The number of aryl methyl sites for hydroxylation is 2. The van der Waals surface area contributed by atoms with Crippen molar-refractivity contribution in [3.63, 3.8) is 0 Å². The number of thiophene rings is 2. The monoisotopic (exact) mass is 430 g/mol. The second kappa shape index (κ2) is 9.45. The van der Waals surface area contributed by atoms with Crippen LogP contribution in [0.1, 0.15) is 32.0 Å². The van der Waals surface area contributed by atoms with Gasteiger partial charge in [-0.05, 0) is 61.4 Å². The highest BCUT2D eigenvalue weighted by molar-refractivity contribution is 8.02. The van der Waals surface area contributed by atoms with E-state index in [-0.39, 0.29) is 0 Å². The van der Waals surface area contributed by atoms with Crippen molar-refractivity contribution in [2.75, 3.05) is 0 Å². The molecule has 0 radical (unpaired) electrons. The standard InChI is InChI=1S/C26H22S3/c1-19-3-7-21(8-4-19)11-13-23-15-17-25(27-23)29-26-18-16-24(28-26)14-12-22-9-5-20(2)6-10-22/h3-18H,1-2H3/b13-11+,14-12+. The molecule has 0 unspecified atom stereocenters. The molecule has 2 aromatic heterocycles. The Hall–Kier alpha value is -2.33. The molecule has 0 aliphatic heterocycles. The molecule has 0 saturated heterocycles. The van der Waals surface area contributed by atoms with Gasteiger partial charge in [-0.2, -0.15) is 0 Å². The van der Waals surface area contributed by atoms with Crippen LogP contribution in [-0.2, 0) is 0 Å². The van der Waals surface area contributed by atoms with Gasteiger partial charge in [-0.15, -0.1) is 22.7 Å². The molecule has 4 rings (SSSR count). The molecule has 0 aliphatic carbocycles. The Kier molecular flexibility index (Phi) is 6.50. The van der Waals surface area contributed by atoms with E-state index >= 15 is 0 Å². The Morgan fingerprint density at radius 1 is 0.517 bits per heavy atom. The van der Waals surface area contributed by atoms with Gasteiger partial charge in [-0.3, -0.25) is 0 Å². The average molecular weight is 431 g/mol. The molecule has 0 bridgehead atoms. The van der Waals surface area contributed by atoms with Crippen LogP contribution in [0.4, 0.5) is 0 Å². The summed E-state index contributed by atoms with van der Waals surface area (Å²) in [6.07, 6.45) is 8.75. The highest BCUT2D eigenvalue weighted by atomic mass is 32.2. The summed E-state index contributed by atoms with van der Waals surface area (Å²) in [7, 11) is 0. The van der Waals surface area contributed by atoms with Crippen molar-refractivity contribution in [2.45, 2.75) is 22.3 Å². The lowest BCUT2D eigenvalue weighted by molar-refractivity contribution is 1.46. The number of hydrogen-bond acceptors (Lipinski definition) is 3. The van der Waals surface area contributed by atoms with Gasteiger partial charge in [0.05, 0.1) is 8.42 Å². The van der Waals surface area contributed by atoms with Crippen LogP contribution >= 0.6 is 34.4 Å². The normalized spacial score (nSPS) is 11.7. The molecule has 3 heteroatoms. The average Bonchev–Trinajstić information content (AvgIpc) is 3.37. The lowest BCUT2D eigenvalue weighted by Crippen LogP contribution is -1.72. The van der Waals surface area contributed by atoms with Gasteiger partial charge in [0.15, 0.2) is 0 Å². The van der Waals surface area contributed by atoms with Crippen molar-refractivity contribution in [2.24, 2.45) is 0 Å². The maximum atomic E-state index is 2.21. The quantitative estimate of drug-likeness (QED) is 0.294. The summed E-state index contributed by atoms with van der Waals surface area (Å²) in [6, 6.07) is 26.1. The van der Waals surface area contributed by atoms with Crippen molar-refractivity contribution in [1.29, 1.82) is 0 Å². The third-order valence-electron chi connectivity index (χ3n) is 4.44. The van der Waals surface area contributed by atoms with E-state index < -0.39 is 0 Å². The molecule has 0 aliphatic rings. The van der Waals surface area contributed by atoms with Crippen LogP contribution in [-0.4, -0.2) is 0 Å². The van der Waals surface area contributed by atoms with E-state index in [4.69, 9.17) is 0 Å². The first-order valence-electron chi connectivity index (χ1n) is 9.51. The van der Waals surface area contributed by atoms with E-state index in [9.17, 15) is 0 Å². The summed E-state index contributed by atoms with van der Waals surface area (Å²) in [6.45, 7) is 4.23. The zero-order valence-corrected chi connectivity index (χ0v) is 18.9. The minimum absolute atomic E-state index is 1.24. The summed E-state index contributed by atoms with van der Waals surface area (Å²) < 4.78 is 2.65. The van der Waals surface area contributed by atoms with Gasteiger partial charge < -0.3 is 0 Å². The molecule has 2 heterocycles. The SMILES string of the molecule is Cc1ccc(/C=C/c2ccc(Sc3ccc(/C=C/c4ccc(C)cc4)s3)s2)cc1. The molecular formula is C26H22S3. The van der Waals surface area contributed by atoms with Crippen LogP contribution in [0.15, 0.2) is 81.2 Å². The Balaban J connectivity index is 1.37. The van der Waals surface area contributed by atoms with Crippen molar-refractivity contribution < 1.29 is 0 Å². The lowest BCUT2D eigenvalue weighted by Gasteiger charge is -1.94. The molecule has 0 spiro atoms. The fourth-order valence-corrected chi connectivity index (χ4v) is 6.13. The minimum atomic E-state index is 1.24. The Labute approximate surface area is 185 Å². The van der Waals surface area contributed by atoms with Gasteiger partial charge in [0.1, 0.15) is 0 Å². The zero-order chi connectivity index (χ0) is 20.1. The maximum absolute atomic E-state index is 2.21. The molecular weight excluding hydrogens is 408 g/mol. The second-order valence-corrected chi connectivity index (χ2v) is 10.7. The highest BCUT2D eigenvalue weighted by Crippen LogP contribution is 2.38. The summed E-state index contributed by atoms with van der Waals surface area (Å²) in [5, 5.41) is 0. The molecule has 0 nitrogen and oxygen atoms in total. The van der Waals surface area contributed by atoms with E-state index in [1.54, 1.807) is 0 Å². The first-order chi connectivity index (χ1) is 14.1. The fourth-order valence-electron chi connectivity index (χ4n) is 2.77. The van der Waals surface area contributed by atoms with E-state index in [0.717, 1.165) is 0 Å². The molecule has 2 aromatic carbocycles. The maximum Gasteiger partial charge on any atom is 0.0660 e. The Morgan fingerprint density at radius 2 is 0.931 bits per heavy atom. The molecule has 0 saturated carbocycles. The summed E-state index contributed by atoms with van der Waals surface area (Å²) in [5.41, 5.74) is 5.06. The van der Waals surface area contributed by atoms with Gasteiger partial charge in [-0.25, -0.2) is 0 Å². The van der Waals surface area contributed by atoms with Crippen LogP contribution in [0.3, 0.4) is 0 Å². The van der Waals surface area contributed by atoms with Crippen LogP contribution in [0.25, 0.3) is 24.3 Å². The lowest BCUT2D eigenvalue weighted by atomic mass is 10.1. The first kappa shape index (κ1) is 20.0. The van der Waals surface area contributed by atoms with Crippen LogP contribution in [0.2, 0.25) is 0 Å². The van der Waals surface area contributed by atoms with Crippen molar-refractivity contribution in [3.05, 3.63) is 105 Å². The molecule has 0 amide bonds. The molecule has 4 aromatic rings. The van der Waals surface area contributed by atoms with Crippen molar-refractivity contribution in [1.82, 2.24) is 0 Å². The second-order valence-electron chi connectivity index (χ2n) is 6.90. The van der Waals surface area contributed by atoms with Crippen molar-refractivity contribution in [3.8, 4) is 0 Å². The van der Waals surface area contributed by atoms with Gasteiger partial charge in [0.2, 0.25) is 0 Å². The largest absolute Gasteiger partial charge is 0.129 e. The van der Waals surface area contributed by atoms with E-state index in [2.05, 4.69) is 111 Å². The number of hydrogen-bond donors (Lipinski definition) is 0. The smallest absolute Gasteiger partial charge is 0.0660 e. The van der Waals surface area contributed by atoms with Crippen LogP contribution in [0, 0.1) is 13.8 Å². The van der Waals surface area contributed by atoms with E-state index in [0.29, 0.717) is 0 Å². The summed E-state index contributed by atoms with van der Waals surface area (Å²) >= 11 is 5.52. The van der Waals surface area contributed by atoms with E-state index in [1.165, 1.54) is 40.4 Å². The highest BCUT2D eigenvalue weighted by Gasteiger charge is 2.04. The molecule has 144 valence electrons. The molecule has 0 fully saturated rings. The molecule has 0 N–H and O–H groups in total. The van der Waals surface area contributed by atoms with Crippen LogP contribution < -0.4 is 0 Å². The predicted molar refractivity (Wildman–Crippen MR) is 133 cm³/mol. The fraction of sp³-hybridized carbons (Fsp3) is 0.0769. The Bertz CT molecular complexity index is 1030. The summed E-state index contributed by atoms with van der Waals surface area (Å²) in [4.78, 5) is 2.56. The minimum Gasteiger partial charge on any atom is -0.129 e. The number of benzene rings is 2. The van der Waals surface area contributed by atoms with Crippen LogP contribution in [0.5, 0.6) is 0 Å². The van der Waals surface area contributed by atoms with Gasteiger partial charge in [0.25, 0.3) is 0 Å². The number of rotatable bonds is 6. The first-order valence-corrected chi connectivity index (χ1v) is 12.0. The van der Waals surface area contributed by atoms with E-state index in [1.807, 2.05) is 34.4 Å².